The second-order valence-corrected chi connectivity index (χ2v) is 9.05. The molecule has 2 rings (SSSR count). The lowest BCUT2D eigenvalue weighted by Gasteiger charge is -2.36. The predicted octanol–water partition coefficient (Wildman–Crippen LogP) is -0.383. The molecule has 0 aromatic rings. The maximum atomic E-state index is 12.6. The maximum Gasteiger partial charge on any atom is 0.282 e. The van der Waals surface area contributed by atoms with E-state index in [1.165, 1.54) is 4.31 Å². The van der Waals surface area contributed by atoms with Crippen molar-refractivity contribution in [3.8, 4) is 0 Å². The Bertz CT molecular complexity index is 431. The van der Waals surface area contributed by atoms with Gasteiger partial charge in [0.15, 0.2) is 0 Å². The molecule has 1 unspecified atom stereocenters. The van der Waals surface area contributed by atoms with Crippen LogP contribution in [-0.2, 0) is 21.0 Å². The molecule has 0 aromatic carbocycles. The standard InChI is InChI=1S/C12H25N3O3S2/c1-2-13-10-12-4-3-5-15(11-12)20(17,18)14-6-8-19(16)9-7-14/h12-13H,2-11H2,1H3. The first-order chi connectivity index (χ1) is 9.54. The van der Waals surface area contributed by atoms with Gasteiger partial charge in [0.1, 0.15) is 0 Å². The SMILES string of the molecule is CCNCC1CCCN(S(=O)(=O)N2CCS(=O)CC2)C1. The van der Waals surface area contributed by atoms with Crippen molar-refractivity contribution in [2.24, 2.45) is 5.92 Å². The summed E-state index contributed by atoms with van der Waals surface area (Å²) in [6.45, 7) is 5.87. The van der Waals surface area contributed by atoms with Gasteiger partial charge in [-0.25, -0.2) is 0 Å². The van der Waals surface area contributed by atoms with Gasteiger partial charge in [0, 0.05) is 48.5 Å². The molecule has 2 fully saturated rings. The molecule has 2 aliphatic heterocycles. The normalized spacial score (nSPS) is 27.8. The van der Waals surface area contributed by atoms with E-state index in [1.807, 2.05) is 0 Å². The van der Waals surface area contributed by atoms with E-state index in [4.69, 9.17) is 0 Å². The van der Waals surface area contributed by atoms with Crippen molar-refractivity contribution in [2.75, 3.05) is 50.8 Å². The third kappa shape index (κ3) is 4.00. The van der Waals surface area contributed by atoms with Gasteiger partial charge in [-0.3, -0.25) is 4.21 Å². The van der Waals surface area contributed by atoms with Crippen molar-refractivity contribution < 1.29 is 12.6 Å². The van der Waals surface area contributed by atoms with E-state index in [0.717, 1.165) is 25.9 Å². The maximum absolute atomic E-state index is 12.6. The molecule has 20 heavy (non-hydrogen) atoms. The van der Waals surface area contributed by atoms with Crippen LogP contribution in [0.3, 0.4) is 0 Å². The Morgan fingerprint density at radius 1 is 1.20 bits per heavy atom. The summed E-state index contributed by atoms with van der Waals surface area (Å²) in [5, 5.41) is 3.30. The summed E-state index contributed by atoms with van der Waals surface area (Å²) >= 11 is 0. The topological polar surface area (TPSA) is 69.7 Å². The average Bonchev–Trinajstić information content (AvgIpc) is 2.46. The Kier molecular flexibility index (Phi) is 5.97. The van der Waals surface area contributed by atoms with E-state index in [9.17, 15) is 12.6 Å². The summed E-state index contributed by atoms with van der Waals surface area (Å²) in [5.41, 5.74) is 0. The fourth-order valence-corrected chi connectivity index (χ4v) is 5.78. The first-order valence-corrected chi connectivity index (χ1v) is 10.2. The van der Waals surface area contributed by atoms with E-state index in [0.29, 0.717) is 43.6 Å². The molecule has 8 heteroatoms. The molecule has 2 saturated heterocycles. The van der Waals surface area contributed by atoms with E-state index in [-0.39, 0.29) is 0 Å². The average molecular weight is 323 g/mol. The van der Waals surface area contributed by atoms with Crippen LogP contribution >= 0.6 is 0 Å². The highest BCUT2D eigenvalue weighted by molar-refractivity contribution is 7.87. The molecular weight excluding hydrogens is 298 g/mol. The highest BCUT2D eigenvalue weighted by Gasteiger charge is 2.34. The van der Waals surface area contributed by atoms with E-state index in [2.05, 4.69) is 12.2 Å². The smallest absolute Gasteiger partial charge is 0.282 e. The third-order valence-electron chi connectivity index (χ3n) is 3.95. The van der Waals surface area contributed by atoms with Crippen molar-refractivity contribution in [3.05, 3.63) is 0 Å². The van der Waals surface area contributed by atoms with Crippen LogP contribution in [0.5, 0.6) is 0 Å². The Balaban J connectivity index is 1.96. The summed E-state index contributed by atoms with van der Waals surface area (Å²) in [5.74, 6) is 1.33. The van der Waals surface area contributed by atoms with Crippen molar-refractivity contribution in [1.29, 1.82) is 0 Å². The van der Waals surface area contributed by atoms with Gasteiger partial charge in [-0.05, 0) is 31.8 Å². The second-order valence-electron chi connectivity index (χ2n) is 5.43. The summed E-state index contributed by atoms with van der Waals surface area (Å²) in [7, 11) is -4.21. The molecular formula is C12H25N3O3S2. The lowest BCUT2D eigenvalue weighted by atomic mass is 10.00. The number of piperidine rings is 1. The molecule has 118 valence electrons. The summed E-state index contributed by atoms with van der Waals surface area (Å²) in [6.07, 6.45) is 2.01. The van der Waals surface area contributed by atoms with Gasteiger partial charge in [0.05, 0.1) is 0 Å². The molecule has 2 heterocycles. The predicted molar refractivity (Wildman–Crippen MR) is 81.2 cm³/mol. The van der Waals surface area contributed by atoms with Crippen LogP contribution in [0.1, 0.15) is 19.8 Å². The lowest BCUT2D eigenvalue weighted by molar-refractivity contribution is 0.244. The highest BCUT2D eigenvalue weighted by atomic mass is 32.2. The minimum absolute atomic E-state index is 0.392. The third-order valence-corrected chi connectivity index (χ3v) is 7.23. The van der Waals surface area contributed by atoms with Crippen molar-refractivity contribution in [3.63, 3.8) is 0 Å². The van der Waals surface area contributed by atoms with Gasteiger partial charge >= 0.3 is 0 Å². The minimum Gasteiger partial charge on any atom is -0.317 e. The van der Waals surface area contributed by atoms with Crippen molar-refractivity contribution in [1.82, 2.24) is 13.9 Å². The first kappa shape index (κ1) is 16.4. The monoisotopic (exact) mass is 323 g/mol. The van der Waals surface area contributed by atoms with Gasteiger partial charge in [-0.15, -0.1) is 0 Å². The van der Waals surface area contributed by atoms with Gasteiger partial charge < -0.3 is 5.32 Å². The molecule has 0 bridgehead atoms. The van der Waals surface area contributed by atoms with Crippen molar-refractivity contribution >= 4 is 21.0 Å². The van der Waals surface area contributed by atoms with Gasteiger partial charge in [0.25, 0.3) is 10.2 Å². The van der Waals surface area contributed by atoms with Crippen LogP contribution in [0, 0.1) is 5.92 Å². The highest BCUT2D eigenvalue weighted by Crippen LogP contribution is 2.21. The number of nitrogens with one attached hydrogen (secondary N) is 1. The lowest BCUT2D eigenvalue weighted by Crippen LogP contribution is -2.52. The zero-order chi connectivity index (χ0) is 14.6. The fraction of sp³-hybridized carbons (Fsp3) is 1.00. The summed E-state index contributed by atoms with van der Waals surface area (Å²) in [4.78, 5) is 0. The fourth-order valence-electron chi connectivity index (χ4n) is 2.77. The van der Waals surface area contributed by atoms with E-state index in [1.54, 1.807) is 4.31 Å². The number of rotatable bonds is 5. The number of hydrogen-bond acceptors (Lipinski definition) is 4. The molecule has 0 saturated carbocycles. The molecule has 0 aliphatic carbocycles. The van der Waals surface area contributed by atoms with Crippen LogP contribution in [0.25, 0.3) is 0 Å². The van der Waals surface area contributed by atoms with E-state index < -0.39 is 21.0 Å². The summed E-state index contributed by atoms with van der Waals surface area (Å²) < 4.78 is 39.7. The second kappa shape index (κ2) is 7.31. The summed E-state index contributed by atoms with van der Waals surface area (Å²) in [6, 6.07) is 0. The van der Waals surface area contributed by atoms with Gasteiger partial charge in [-0.2, -0.15) is 17.0 Å². The Labute approximate surface area is 124 Å². The number of nitrogens with zero attached hydrogens (tertiary/aromatic N) is 2. The van der Waals surface area contributed by atoms with Gasteiger partial charge in [0.2, 0.25) is 0 Å². The Morgan fingerprint density at radius 3 is 2.55 bits per heavy atom. The number of hydrogen-bond donors (Lipinski definition) is 1. The zero-order valence-corrected chi connectivity index (χ0v) is 13.7. The molecule has 0 spiro atoms. The molecule has 1 atom stereocenters. The van der Waals surface area contributed by atoms with Crippen LogP contribution < -0.4 is 5.32 Å². The Morgan fingerprint density at radius 2 is 1.90 bits per heavy atom. The molecule has 6 nitrogen and oxygen atoms in total. The molecule has 2 aliphatic rings. The van der Waals surface area contributed by atoms with Crippen molar-refractivity contribution in [2.45, 2.75) is 19.8 Å². The molecule has 0 amide bonds. The van der Waals surface area contributed by atoms with Crippen LogP contribution in [0.2, 0.25) is 0 Å². The molecule has 0 radical (unpaired) electrons. The largest absolute Gasteiger partial charge is 0.317 e. The van der Waals surface area contributed by atoms with Crippen LogP contribution in [0.4, 0.5) is 0 Å². The van der Waals surface area contributed by atoms with Crippen LogP contribution in [-0.4, -0.2) is 72.0 Å². The quantitative estimate of drug-likeness (QED) is 0.749. The molecule has 1 N–H and O–H groups in total. The Hall–Kier alpha value is -0.0200. The zero-order valence-electron chi connectivity index (χ0n) is 12.1. The van der Waals surface area contributed by atoms with Crippen LogP contribution in [0.15, 0.2) is 0 Å². The first-order valence-electron chi connectivity index (χ1n) is 7.35. The minimum atomic E-state index is -3.36. The van der Waals surface area contributed by atoms with Gasteiger partial charge in [-0.1, -0.05) is 6.92 Å². The van der Waals surface area contributed by atoms with E-state index >= 15 is 0 Å². The molecule has 0 aromatic heterocycles.